The molecule has 26 heavy (non-hydrogen) atoms. The largest absolute Gasteiger partial charge is 0.356 e. The highest BCUT2D eigenvalue weighted by atomic mass is 15.3. The number of hydrogen-bond acceptors (Lipinski definition) is 3. The first kappa shape index (κ1) is 20.0. The Bertz CT molecular complexity index is 633. The standard InChI is InChI=1S/C20H32N6/c1-4-15-25(5-2)17-14-23-20(21-3)22-13-11-18-7-9-19(10-8-18)26-16-6-12-24-26/h6-10,12,16H,4-5,11,13-15,17H2,1-3H3,(H2,21,22,23). The van der Waals surface area contributed by atoms with Gasteiger partial charge in [0.1, 0.15) is 0 Å². The highest BCUT2D eigenvalue weighted by molar-refractivity contribution is 5.79. The Balaban J connectivity index is 1.70. The minimum absolute atomic E-state index is 0.854. The van der Waals surface area contributed by atoms with Crippen LogP contribution >= 0.6 is 0 Å². The maximum absolute atomic E-state index is 4.30. The molecular formula is C20H32N6. The summed E-state index contributed by atoms with van der Waals surface area (Å²) in [5.41, 5.74) is 2.38. The molecule has 0 amide bonds. The van der Waals surface area contributed by atoms with E-state index in [0.29, 0.717) is 0 Å². The smallest absolute Gasteiger partial charge is 0.191 e. The van der Waals surface area contributed by atoms with Gasteiger partial charge in [0.05, 0.1) is 5.69 Å². The van der Waals surface area contributed by atoms with Crippen LogP contribution in [0.25, 0.3) is 5.69 Å². The number of rotatable bonds is 10. The predicted octanol–water partition coefficient (Wildman–Crippen LogP) is 2.31. The molecule has 0 aliphatic carbocycles. The molecule has 1 aromatic carbocycles. The Kier molecular flexibility index (Phi) is 8.69. The zero-order chi connectivity index (χ0) is 18.6. The third-order valence-corrected chi connectivity index (χ3v) is 4.34. The molecule has 0 saturated carbocycles. The highest BCUT2D eigenvalue weighted by Gasteiger charge is 2.02. The van der Waals surface area contributed by atoms with Crippen molar-refractivity contribution in [3.05, 3.63) is 48.3 Å². The lowest BCUT2D eigenvalue weighted by Crippen LogP contribution is -2.42. The van der Waals surface area contributed by atoms with Gasteiger partial charge < -0.3 is 15.5 Å². The molecule has 142 valence electrons. The van der Waals surface area contributed by atoms with Crippen molar-refractivity contribution < 1.29 is 0 Å². The molecule has 0 unspecified atom stereocenters. The number of nitrogens with zero attached hydrogens (tertiary/aromatic N) is 4. The molecule has 0 spiro atoms. The van der Waals surface area contributed by atoms with E-state index in [-0.39, 0.29) is 0 Å². The lowest BCUT2D eigenvalue weighted by Gasteiger charge is -2.20. The van der Waals surface area contributed by atoms with Crippen LogP contribution in [-0.2, 0) is 6.42 Å². The second-order valence-electron chi connectivity index (χ2n) is 6.23. The van der Waals surface area contributed by atoms with Crippen LogP contribution in [0.5, 0.6) is 0 Å². The predicted molar refractivity (Wildman–Crippen MR) is 109 cm³/mol. The van der Waals surface area contributed by atoms with Crippen LogP contribution in [0.1, 0.15) is 25.8 Å². The van der Waals surface area contributed by atoms with Gasteiger partial charge in [-0.05, 0) is 49.7 Å². The van der Waals surface area contributed by atoms with Crippen LogP contribution in [0, 0.1) is 0 Å². The van der Waals surface area contributed by atoms with Gasteiger partial charge >= 0.3 is 0 Å². The topological polar surface area (TPSA) is 57.5 Å². The summed E-state index contributed by atoms with van der Waals surface area (Å²) in [4.78, 5) is 6.75. The minimum atomic E-state index is 0.854. The number of nitrogens with one attached hydrogen (secondary N) is 2. The van der Waals surface area contributed by atoms with Gasteiger partial charge in [0, 0.05) is 39.1 Å². The number of likely N-dealkylation sites (N-methyl/N-ethyl adjacent to an activating group) is 1. The van der Waals surface area contributed by atoms with Crippen molar-refractivity contribution >= 4 is 5.96 Å². The molecule has 0 atom stereocenters. The van der Waals surface area contributed by atoms with E-state index in [1.54, 1.807) is 6.20 Å². The number of aliphatic imine (C=N–C) groups is 1. The van der Waals surface area contributed by atoms with Crippen LogP contribution in [0.4, 0.5) is 0 Å². The van der Waals surface area contributed by atoms with Gasteiger partial charge in [0.2, 0.25) is 0 Å². The van der Waals surface area contributed by atoms with Crippen molar-refractivity contribution in [1.82, 2.24) is 25.3 Å². The molecule has 0 aliphatic rings. The summed E-state index contributed by atoms with van der Waals surface area (Å²) in [5.74, 6) is 0.866. The molecule has 0 bridgehead atoms. The van der Waals surface area contributed by atoms with Gasteiger partial charge in [-0.25, -0.2) is 4.68 Å². The minimum Gasteiger partial charge on any atom is -0.356 e. The molecule has 0 fully saturated rings. The van der Waals surface area contributed by atoms with Crippen LogP contribution in [0.2, 0.25) is 0 Å². The number of hydrogen-bond donors (Lipinski definition) is 2. The van der Waals surface area contributed by atoms with Crippen LogP contribution in [0.3, 0.4) is 0 Å². The fourth-order valence-electron chi connectivity index (χ4n) is 2.86. The lowest BCUT2D eigenvalue weighted by molar-refractivity contribution is 0.293. The summed E-state index contributed by atoms with van der Waals surface area (Å²) in [6.07, 6.45) is 5.89. The second kappa shape index (κ2) is 11.3. The lowest BCUT2D eigenvalue weighted by atomic mass is 10.1. The molecule has 0 saturated heterocycles. The third kappa shape index (κ3) is 6.52. The number of aromatic nitrogens is 2. The van der Waals surface area contributed by atoms with E-state index in [2.05, 4.69) is 63.7 Å². The van der Waals surface area contributed by atoms with E-state index in [1.807, 2.05) is 24.0 Å². The Labute approximate surface area is 157 Å². The average Bonchev–Trinajstić information content (AvgIpc) is 3.21. The first-order valence-corrected chi connectivity index (χ1v) is 9.52. The second-order valence-corrected chi connectivity index (χ2v) is 6.23. The van der Waals surface area contributed by atoms with Gasteiger partial charge in [-0.2, -0.15) is 5.10 Å². The fraction of sp³-hybridized carbons (Fsp3) is 0.500. The summed E-state index contributed by atoms with van der Waals surface area (Å²) in [7, 11) is 1.82. The van der Waals surface area contributed by atoms with E-state index in [0.717, 1.165) is 50.8 Å². The Morgan fingerprint density at radius 3 is 2.50 bits per heavy atom. The zero-order valence-electron chi connectivity index (χ0n) is 16.3. The van der Waals surface area contributed by atoms with E-state index in [1.165, 1.54) is 12.0 Å². The van der Waals surface area contributed by atoms with Crippen molar-refractivity contribution in [2.24, 2.45) is 4.99 Å². The van der Waals surface area contributed by atoms with Gasteiger partial charge in [-0.15, -0.1) is 0 Å². The van der Waals surface area contributed by atoms with E-state index < -0.39 is 0 Å². The van der Waals surface area contributed by atoms with Crippen molar-refractivity contribution in [3.63, 3.8) is 0 Å². The zero-order valence-corrected chi connectivity index (χ0v) is 16.3. The molecular weight excluding hydrogens is 324 g/mol. The van der Waals surface area contributed by atoms with Crippen LogP contribution in [0.15, 0.2) is 47.7 Å². The van der Waals surface area contributed by atoms with Gasteiger partial charge in [-0.3, -0.25) is 4.99 Å². The molecule has 1 aromatic heterocycles. The number of benzene rings is 1. The highest BCUT2D eigenvalue weighted by Crippen LogP contribution is 2.08. The molecule has 0 aliphatic heterocycles. The number of guanidine groups is 1. The third-order valence-electron chi connectivity index (χ3n) is 4.34. The van der Waals surface area contributed by atoms with Crippen LogP contribution < -0.4 is 10.6 Å². The fourth-order valence-corrected chi connectivity index (χ4v) is 2.86. The van der Waals surface area contributed by atoms with E-state index in [4.69, 9.17) is 0 Å². The normalized spacial score (nSPS) is 11.8. The molecule has 6 nitrogen and oxygen atoms in total. The summed E-state index contributed by atoms with van der Waals surface area (Å²) in [6, 6.07) is 10.4. The van der Waals surface area contributed by atoms with E-state index >= 15 is 0 Å². The quantitative estimate of drug-likeness (QED) is 0.507. The van der Waals surface area contributed by atoms with Gasteiger partial charge in [0.25, 0.3) is 0 Å². The summed E-state index contributed by atoms with van der Waals surface area (Å²) in [5, 5.41) is 11.0. The monoisotopic (exact) mass is 356 g/mol. The Morgan fingerprint density at radius 2 is 1.88 bits per heavy atom. The molecule has 2 rings (SSSR count). The molecule has 0 radical (unpaired) electrons. The molecule has 6 heteroatoms. The maximum Gasteiger partial charge on any atom is 0.191 e. The summed E-state index contributed by atoms with van der Waals surface area (Å²) in [6.45, 7) is 9.48. The molecule has 1 heterocycles. The van der Waals surface area contributed by atoms with Crippen LogP contribution in [-0.4, -0.2) is 60.4 Å². The molecule has 2 aromatic rings. The summed E-state index contributed by atoms with van der Waals surface area (Å²) >= 11 is 0. The van der Waals surface area contributed by atoms with E-state index in [9.17, 15) is 0 Å². The first-order valence-electron chi connectivity index (χ1n) is 9.52. The van der Waals surface area contributed by atoms with Gasteiger partial charge in [-0.1, -0.05) is 26.0 Å². The van der Waals surface area contributed by atoms with Crippen molar-refractivity contribution in [1.29, 1.82) is 0 Å². The van der Waals surface area contributed by atoms with Gasteiger partial charge in [0.15, 0.2) is 5.96 Å². The maximum atomic E-state index is 4.30. The first-order chi connectivity index (χ1) is 12.8. The van der Waals surface area contributed by atoms with Crippen molar-refractivity contribution in [3.8, 4) is 5.69 Å². The summed E-state index contributed by atoms with van der Waals surface area (Å²) < 4.78 is 1.87. The Morgan fingerprint density at radius 1 is 1.12 bits per heavy atom. The van der Waals surface area contributed by atoms with Crippen molar-refractivity contribution in [2.75, 3.05) is 39.8 Å². The SMILES string of the molecule is CCCN(CC)CCNC(=NC)NCCc1ccc(-n2cccn2)cc1. The van der Waals surface area contributed by atoms with Crippen molar-refractivity contribution in [2.45, 2.75) is 26.7 Å². The average molecular weight is 357 g/mol. The Hall–Kier alpha value is -2.34. The molecule has 2 N–H and O–H groups in total.